The molecule has 1 aliphatic heterocycles. The third-order valence-corrected chi connectivity index (χ3v) is 4.02. The Morgan fingerprint density at radius 1 is 1.43 bits per heavy atom. The van der Waals surface area contributed by atoms with Gasteiger partial charge < -0.3 is 20.5 Å². The minimum absolute atomic E-state index is 0.0632. The number of hydrogen-bond acceptors (Lipinski definition) is 3. The van der Waals surface area contributed by atoms with Crippen molar-refractivity contribution in [2.24, 2.45) is 13.0 Å². The number of nitrogens with one attached hydrogen (secondary N) is 3. The van der Waals surface area contributed by atoms with Crippen LogP contribution in [0.4, 0.5) is 4.79 Å². The maximum atomic E-state index is 12.0. The van der Waals surface area contributed by atoms with Crippen LogP contribution >= 0.6 is 0 Å². The van der Waals surface area contributed by atoms with Gasteiger partial charge in [0.05, 0.1) is 0 Å². The molecule has 2 rings (SSSR count). The quantitative estimate of drug-likeness (QED) is 0.756. The summed E-state index contributed by atoms with van der Waals surface area (Å²) in [6.07, 6.45) is 2.30. The number of rotatable bonds is 4. The molecule has 6 heteroatoms. The van der Waals surface area contributed by atoms with Gasteiger partial charge in [-0.2, -0.15) is 0 Å². The Morgan fingerprint density at radius 2 is 2.24 bits per heavy atom. The topological polar surface area (TPSA) is 75.2 Å². The highest BCUT2D eigenvalue weighted by molar-refractivity contribution is 5.73. The largest absolute Gasteiger partial charge is 0.338 e. The Bertz CT molecular complexity index is 547. The minimum Gasteiger partial charge on any atom is -0.338 e. The summed E-state index contributed by atoms with van der Waals surface area (Å²) < 4.78 is 1.59. The average molecular weight is 292 g/mol. The van der Waals surface area contributed by atoms with Gasteiger partial charge in [-0.1, -0.05) is 6.07 Å². The molecule has 21 heavy (non-hydrogen) atoms. The van der Waals surface area contributed by atoms with Crippen LogP contribution in [0, 0.1) is 12.8 Å². The minimum atomic E-state index is -0.219. The van der Waals surface area contributed by atoms with Crippen molar-refractivity contribution in [1.82, 2.24) is 20.5 Å². The highest BCUT2D eigenvalue weighted by atomic mass is 16.2. The molecule has 0 spiro atoms. The summed E-state index contributed by atoms with van der Waals surface area (Å²) in [4.78, 5) is 23.8. The number of piperidine rings is 1. The summed E-state index contributed by atoms with van der Waals surface area (Å²) in [5, 5.41) is 8.93. The van der Waals surface area contributed by atoms with Gasteiger partial charge in [0.25, 0.3) is 5.56 Å². The summed E-state index contributed by atoms with van der Waals surface area (Å²) >= 11 is 0. The molecule has 1 aliphatic rings. The average Bonchev–Trinajstić information content (AvgIpc) is 2.51. The Labute approximate surface area is 124 Å². The number of nitrogens with zero attached hydrogens (tertiary/aromatic N) is 1. The second-order valence-electron chi connectivity index (χ2n) is 5.64. The first-order chi connectivity index (χ1) is 10.1. The molecule has 0 aliphatic carbocycles. The zero-order valence-corrected chi connectivity index (χ0v) is 12.7. The van der Waals surface area contributed by atoms with Gasteiger partial charge in [-0.15, -0.1) is 0 Å². The van der Waals surface area contributed by atoms with Crippen molar-refractivity contribution in [2.45, 2.75) is 26.3 Å². The van der Waals surface area contributed by atoms with E-state index in [1.165, 1.54) is 0 Å². The summed E-state index contributed by atoms with van der Waals surface area (Å²) in [6.45, 7) is 4.83. The van der Waals surface area contributed by atoms with Crippen LogP contribution in [0.15, 0.2) is 16.9 Å². The SMILES string of the molecule is Cc1ccc(CNC(=O)NCC2CCCNC2)c(=O)n1C. The highest BCUT2D eigenvalue weighted by Gasteiger charge is 2.13. The lowest BCUT2D eigenvalue weighted by Crippen LogP contribution is -2.42. The molecule has 1 fully saturated rings. The molecule has 0 bridgehead atoms. The van der Waals surface area contributed by atoms with Crippen LogP contribution in [0.5, 0.6) is 0 Å². The van der Waals surface area contributed by atoms with E-state index in [9.17, 15) is 9.59 Å². The lowest BCUT2D eigenvalue weighted by molar-refractivity contribution is 0.236. The second-order valence-corrected chi connectivity index (χ2v) is 5.64. The van der Waals surface area contributed by atoms with Crippen LogP contribution in [-0.2, 0) is 13.6 Å². The van der Waals surface area contributed by atoms with Crippen LogP contribution in [0.1, 0.15) is 24.1 Å². The maximum Gasteiger partial charge on any atom is 0.315 e. The Kier molecular flexibility index (Phi) is 5.38. The number of aryl methyl sites for hydroxylation is 1. The van der Waals surface area contributed by atoms with Crippen molar-refractivity contribution in [2.75, 3.05) is 19.6 Å². The first-order valence-electron chi connectivity index (χ1n) is 7.46. The van der Waals surface area contributed by atoms with E-state index in [-0.39, 0.29) is 18.1 Å². The van der Waals surface area contributed by atoms with Crippen LogP contribution in [0.25, 0.3) is 0 Å². The molecule has 1 saturated heterocycles. The first kappa shape index (κ1) is 15.6. The number of pyridine rings is 1. The van der Waals surface area contributed by atoms with Crippen molar-refractivity contribution in [1.29, 1.82) is 0 Å². The third-order valence-electron chi connectivity index (χ3n) is 4.02. The third kappa shape index (κ3) is 4.32. The smallest absolute Gasteiger partial charge is 0.315 e. The number of hydrogen-bond donors (Lipinski definition) is 3. The Morgan fingerprint density at radius 3 is 2.95 bits per heavy atom. The van der Waals surface area contributed by atoms with Crippen molar-refractivity contribution < 1.29 is 4.79 Å². The van der Waals surface area contributed by atoms with Crippen molar-refractivity contribution in [3.05, 3.63) is 33.7 Å². The van der Waals surface area contributed by atoms with Crippen LogP contribution in [0.3, 0.4) is 0 Å². The molecule has 1 unspecified atom stereocenters. The molecular weight excluding hydrogens is 268 g/mol. The van der Waals surface area contributed by atoms with Crippen LogP contribution in [0.2, 0.25) is 0 Å². The molecule has 1 aromatic rings. The number of urea groups is 1. The molecule has 0 radical (unpaired) electrons. The fraction of sp³-hybridized carbons (Fsp3) is 0.600. The van der Waals surface area contributed by atoms with E-state index < -0.39 is 0 Å². The first-order valence-corrected chi connectivity index (χ1v) is 7.46. The van der Waals surface area contributed by atoms with Gasteiger partial charge in [0, 0.05) is 31.4 Å². The number of carbonyl (C=O) groups is 1. The zero-order valence-electron chi connectivity index (χ0n) is 12.7. The molecule has 1 aromatic heterocycles. The molecule has 1 atom stereocenters. The van der Waals surface area contributed by atoms with Crippen LogP contribution < -0.4 is 21.5 Å². The van der Waals surface area contributed by atoms with E-state index in [1.807, 2.05) is 13.0 Å². The maximum absolute atomic E-state index is 12.0. The summed E-state index contributed by atoms with van der Waals surface area (Å²) in [6, 6.07) is 3.43. The second kappa shape index (κ2) is 7.26. The van der Waals surface area contributed by atoms with Gasteiger partial charge in [-0.3, -0.25) is 4.79 Å². The van der Waals surface area contributed by atoms with E-state index in [0.29, 0.717) is 18.0 Å². The highest BCUT2D eigenvalue weighted by Crippen LogP contribution is 2.07. The molecular formula is C15H24N4O2. The van der Waals surface area contributed by atoms with Crippen molar-refractivity contribution >= 4 is 6.03 Å². The summed E-state index contributed by atoms with van der Waals surface area (Å²) in [7, 11) is 1.73. The fourth-order valence-electron chi connectivity index (χ4n) is 2.49. The normalized spacial score (nSPS) is 18.3. The molecule has 0 saturated carbocycles. The van der Waals surface area contributed by atoms with E-state index >= 15 is 0 Å². The predicted octanol–water partition coefficient (Wildman–Crippen LogP) is 0.493. The predicted molar refractivity (Wildman–Crippen MR) is 82.3 cm³/mol. The molecule has 0 aromatic carbocycles. The fourth-order valence-corrected chi connectivity index (χ4v) is 2.49. The Hall–Kier alpha value is -1.82. The van der Waals surface area contributed by atoms with E-state index in [2.05, 4.69) is 16.0 Å². The van der Waals surface area contributed by atoms with E-state index in [0.717, 1.165) is 31.6 Å². The monoisotopic (exact) mass is 292 g/mol. The van der Waals surface area contributed by atoms with Gasteiger partial charge >= 0.3 is 6.03 Å². The molecule has 6 nitrogen and oxygen atoms in total. The molecule has 116 valence electrons. The zero-order chi connectivity index (χ0) is 15.2. The van der Waals surface area contributed by atoms with Gasteiger partial charge in [0.1, 0.15) is 0 Å². The van der Waals surface area contributed by atoms with Crippen molar-refractivity contribution in [3.63, 3.8) is 0 Å². The lowest BCUT2D eigenvalue weighted by Gasteiger charge is -2.22. The van der Waals surface area contributed by atoms with Crippen LogP contribution in [-0.4, -0.2) is 30.2 Å². The number of amides is 2. The van der Waals surface area contributed by atoms with Gasteiger partial charge in [0.2, 0.25) is 0 Å². The lowest BCUT2D eigenvalue weighted by atomic mass is 10.00. The number of carbonyl (C=O) groups excluding carboxylic acids is 1. The van der Waals surface area contributed by atoms with Gasteiger partial charge in [0.15, 0.2) is 0 Å². The van der Waals surface area contributed by atoms with E-state index in [1.54, 1.807) is 17.7 Å². The standard InChI is InChI=1S/C15H24N4O2/c1-11-5-6-13(14(20)19(11)2)10-18-15(21)17-9-12-4-3-7-16-8-12/h5-6,12,16H,3-4,7-10H2,1-2H3,(H2,17,18,21). The van der Waals surface area contributed by atoms with Crippen molar-refractivity contribution in [3.8, 4) is 0 Å². The van der Waals surface area contributed by atoms with E-state index in [4.69, 9.17) is 0 Å². The Balaban J connectivity index is 1.78. The van der Waals surface area contributed by atoms with Gasteiger partial charge in [-0.25, -0.2) is 4.79 Å². The number of aromatic nitrogens is 1. The molecule has 3 N–H and O–H groups in total. The van der Waals surface area contributed by atoms with Gasteiger partial charge in [-0.05, 0) is 44.8 Å². The summed E-state index contributed by atoms with van der Waals surface area (Å²) in [5.41, 5.74) is 1.43. The molecule has 2 amide bonds. The summed E-state index contributed by atoms with van der Waals surface area (Å²) in [5.74, 6) is 0.497. The molecule has 2 heterocycles.